The van der Waals surface area contributed by atoms with E-state index in [1.54, 1.807) is 0 Å². The fourth-order valence-electron chi connectivity index (χ4n) is 0.780. The molecule has 0 saturated carbocycles. The fourth-order valence-corrected chi connectivity index (χ4v) is 0.780. The average Bonchev–Trinajstić information content (AvgIpc) is 2.03. The smallest absolute Gasteiger partial charge is 0.0230 e. The summed E-state index contributed by atoms with van der Waals surface area (Å²) in [5.74, 6) is 1.36. The van der Waals surface area contributed by atoms with Crippen LogP contribution < -0.4 is 0 Å². The Morgan fingerprint density at radius 1 is 1.08 bits per heavy atom. The number of allylic oxidation sites excluding steroid dienone is 4. The van der Waals surface area contributed by atoms with E-state index in [-0.39, 0.29) is 0 Å². The molecule has 12 heavy (non-hydrogen) atoms. The summed E-state index contributed by atoms with van der Waals surface area (Å²) in [5, 5.41) is 0. The summed E-state index contributed by atoms with van der Waals surface area (Å²) < 4.78 is 0. The Bertz CT molecular complexity index is 140. The van der Waals surface area contributed by atoms with Crippen molar-refractivity contribution in [1.82, 2.24) is 0 Å². The monoisotopic (exact) mass is 165 g/mol. The maximum absolute atomic E-state index is 2.23. The molecule has 1 unspecified atom stereocenters. The summed E-state index contributed by atoms with van der Waals surface area (Å²) in [7, 11) is 0. The molecule has 0 aliphatic rings. The zero-order valence-corrected chi connectivity index (χ0v) is 8.75. The first-order valence-electron chi connectivity index (χ1n) is 4.79. The molecule has 0 aliphatic heterocycles. The van der Waals surface area contributed by atoms with Gasteiger partial charge in [0.1, 0.15) is 0 Å². The molecule has 0 amide bonds. The van der Waals surface area contributed by atoms with Crippen molar-refractivity contribution in [3.63, 3.8) is 0 Å². The van der Waals surface area contributed by atoms with Crippen molar-refractivity contribution < 1.29 is 0 Å². The van der Waals surface area contributed by atoms with Crippen molar-refractivity contribution in [2.75, 3.05) is 0 Å². The lowest BCUT2D eigenvalue weighted by Gasteiger charge is -1.97. The Balaban J connectivity index is 3.52. The zero-order valence-electron chi connectivity index (χ0n) is 8.75. The summed E-state index contributed by atoms with van der Waals surface area (Å²) in [4.78, 5) is 0. The van der Waals surface area contributed by atoms with Crippen LogP contribution in [0, 0.1) is 18.3 Å². The van der Waals surface area contributed by atoms with Crippen LogP contribution in [0.5, 0.6) is 0 Å². The molecule has 0 aliphatic carbocycles. The van der Waals surface area contributed by atoms with Gasteiger partial charge in [0.05, 0.1) is 0 Å². The van der Waals surface area contributed by atoms with Crippen molar-refractivity contribution in [1.29, 1.82) is 0 Å². The van der Waals surface area contributed by atoms with Crippen LogP contribution in [0.1, 0.15) is 34.1 Å². The lowest BCUT2D eigenvalue weighted by Crippen LogP contribution is -1.84. The Morgan fingerprint density at radius 2 is 1.75 bits per heavy atom. The third-order valence-electron chi connectivity index (χ3n) is 1.80. The van der Waals surface area contributed by atoms with Crippen LogP contribution in [-0.4, -0.2) is 0 Å². The van der Waals surface area contributed by atoms with Gasteiger partial charge in [0.25, 0.3) is 0 Å². The van der Waals surface area contributed by atoms with Crippen LogP contribution >= 0.6 is 0 Å². The molecular weight excluding hydrogens is 144 g/mol. The molecule has 0 nitrogen and oxygen atoms in total. The first-order valence-corrected chi connectivity index (χ1v) is 4.79. The molecule has 1 radical (unpaired) electrons. The zero-order chi connectivity index (χ0) is 9.40. The summed E-state index contributed by atoms with van der Waals surface area (Å²) in [6.07, 6.45) is 12.1. The molecule has 0 bridgehead atoms. The fraction of sp³-hybridized carbons (Fsp3) is 0.583. The minimum absolute atomic E-state index is 0.591. The molecule has 1 atom stereocenters. The Morgan fingerprint density at radius 3 is 2.25 bits per heavy atom. The second-order valence-electron chi connectivity index (χ2n) is 3.64. The highest BCUT2D eigenvalue weighted by Crippen LogP contribution is 2.02. The molecule has 0 N–H and O–H groups in total. The van der Waals surface area contributed by atoms with Gasteiger partial charge < -0.3 is 0 Å². The minimum Gasteiger partial charge on any atom is -0.0843 e. The third-order valence-corrected chi connectivity index (χ3v) is 1.80. The molecule has 0 heterocycles. The average molecular weight is 165 g/mol. The van der Waals surface area contributed by atoms with E-state index in [0.717, 1.165) is 5.92 Å². The molecule has 0 aromatic carbocycles. The van der Waals surface area contributed by atoms with E-state index in [1.165, 1.54) is 6.42 Å². The first-order chi connectivity index (χ1) is 5.66. The van der Waals surface area contributed by atoms with Crippen molar-refractivity contribution in [3.8, 4) is 0 Å². The molecule has 0 heteroatoms. The van der Waals surface area contributed by atoms with E-state index in [9.17, 15) is 0 Å². The topological polar surface area (TPSA) is 0 Å². The maximum Gasteiger partial charge on any atom is -0.0230 e. The molecule has 0 aromatic rings. The number of rotatable bonds is 5. The highest BCUT2D eigenvalue weighted by atomic mass is 13.9. The molecule has 69 valence electrons. The molecule has 0 aromatic heterocycles. The third kappa shape index (κ3) is 7.59. The predicted octanol–water partition coefficient (Wildman–Crippen LogP) is 4.01. The van der Waals surface area contributed by atoms with Crippen molar-refractivity contribution in [2.24, 2.45) is 11.8 Å². The van der Waals surface area contributed by atoms with E-state index in [4.69, 9.17) is 0 Å². The Labute approximate surface area is 77.4 Å². The van der Waals surface area contributed by atoms with Crippen LogP contribution in [0.2, 0.25) is 0 Å². The molecule has 0 spiro atoms. The van der Waals surface area contributed by atoms with Crippen LogP contribution in [0.3, 0.4) is 0 Å². The highest BCUT2D eigenvalue weighted by molar-refractivity contribution is 5.05. The molecule has 0 rings (SSSR count). The van der Waals surface area contributed by atoms with Crippen molar-refractivity contribution in [2.45, 2.75) is 34.1 Å². The second kappa shape index (κ2) is 7.15. The standard InChI is InChI=1S/C12H21/c1-5-12(4)10-8-6-7-9-11(2)3/h5-8,10-12H,9H2,1-4H3. The van der Waals surface area contributed by atoms with E-state index < -0.39 is 0 Å². The second-order valence-corrected chi connectivity index (χ2v) is 3.64. The van der Waals surface area contributed by atoms with Crippen LogP contribution in [0.25, 0.3) is 0 Å². The first kappa shape index (κ1) is 11.5. The summed E-state index contributed by atoms with van der Waals surface area (Å²) in [5.41, 5.74) is 0. The molecule has 0 fully saturated rings. The van der Waals surface area contributed by atoms with Crippen molar-refractivity contribution >= 4 is 0 Å². The summed E-state index contributed by atoms with van der Waals surface area (Å²) in [6.45, 7) is 8.74. The highest BCUT2D eigenvalue weighted by Gasteiger charge is 1.88. The van der Waals surface area contributed by atoms with Gasteiger partial charge in [-0.3, -0.25) is 0 Å². The number of hydrogen-bond donors (Lipinski definition) is 0. The summed E-state index contributed by atoms with van der Waals surface area (Å²) >= 11 is 0. The van der Waals surface area contributed by atoms with Gasteiger partial charge in [-0.2, -0.15) is 0 Å². The van der Waals surface area contributed by atoms with Gasteiger partial charge in [-0.25, -0.2) is 0 Å². The predicted molar refractivity (Wildman–Crippen MR) is 56.9 cm³/mol. The van der Waals surface area contributed by atoms with Crippen LogP contribution in [0.4, 0.5) is 0 Å². The van der Waals surface area contributed by atoms with Gasteiger partial charge in [0, 0.05) is 0 Å². The Kier molecular flexibility index (Phi) is 6.84. The molecular formula is C12H21. The molecule has 0 saturated heterocycles. The van der Waals surface area contributed by atoms with Gasteiger partial charge in [0.2, 0.25) is 0 Å². The quantitative estimate of drug-likeness (QED) is 0.540. The van der Waals surface area contributed by atoms with E-state index in [2.05, 4.69) is 58.4 Å². The van der Waals surface area contributed by atoms with Gasteiger partial charge in [-0.15, -0.1) is 0 Å². The normalized spacial score (nSPS) is 15.1. The van der Waals surface area contributed by atoms with Gasteiger partial charge >= 0.3 is 0 Å². The largest absolute Gasteiger partial charge is 0.0843 e. The SMILES string of the molecule is C[CH]C(C)C=CC=CCC(C)C. The van der Waals surface area contributed by atoms with Gasteiger partial charge in [-0.1, -0.05) is 52.0 Å². The van der Waals surface area contributed by atoms with Crippen molar-refractivity contribution in [3.05, 3.63) is 30.7 Å². The minimum atomic E-state index is 0.591. The van der Waals surface area contributed by atoms with E-state index >= 15 is 0 Å². The van der Waals surface area contributed by atoms with E-state index in [1.807, 2.05) is 0 Å². The van der Waals surface area contributed by atoms with E-state index in [0.29, 0.717) is 5.92 Å². The van der Waals surface area contributed by atoms with Gasteiger partial charge in [-0.05, 0) is 24.7 Å². The van der Waals surface area contributed by atoms with Crippen LogP contribution in [0.15, 0.2) is 24.3 Å². The van der Waals surface area contributed by atoms with Crippen LogP contribution in [-0.2, 0) is 0 Å². The number of hydrogen-bond acceptors (Lipinski definition) is 0. The Hall–Kier alpha value is -0.520. The maximum atomic E-state index is 2.23. The lowest BCUT2D eigenvalue weighted by molar-refractivity contribution is 0.664. The van der Waals surface area contributed by atoms with Gasteiger partial charge in [0.15, 0.2) is 0 Å². The lowest BCUT2D eigenvalue weighted by atomic mass is 10.1. The summed E-state index contributed by atoms with van der Waals surface area (Å²) in [6, 6.07) is 0.